The average Bonchev–Trinajstić information content (AvgIpc) is 2.44. The molecule has 0 aliphatic carbocycles. The zero-order valence-electron chi connectivity index (χ0n) is 10.7. The smallest absolute Gasteiger partial charge is 0.184 e. The highest BCUT2D eigenvalue weighted by Gasteiger charge is 2.23. The number of ketones is 1. The van der Waals surface area contributed by atoms with Gasteiger partial charge in [0.05, 0.1) is 6.07 Å². The summed E-state index contributed by atoms with van der Waals surface area (Å²) in [5.41, 5.74) is 2.06. The van der Waals surface area contributed by atoms with Gasteiger partial charge in [-0.2, -0.15) is 5.26 Å². The molecule has 0 amide bonds. The maximum absolute atomic E-state index is 12.6. The van der Waals surface area contributed by atoms with Crippen LogP contribution >= 0.6 is 27.5 Å². The molecule has 0 aliphatic heterocycles. The lowest BCUT2D eigenvalue weighted by molar-refractivity contribution is 0.0978. The van der Waals surface area contributed by atoms with E-state index in [4.69, 9.17) is 11.6 Å². The van der Waals surface area contributed by atoms with E-state index >= 15 is 0 Å². The van der Waals surface area contributed by atoms with Crippen molar-refractivity contribution in [2.45, 2.75) is 12.8 Å². The van der Waals surface area contributed by atoms with Gasteiger partial charge in [-0.25, -0.2) is 0 Å². The molecule has 1 unspecified atom stereocenters. The third-order valence-corrected chi connectivity index (χ3v) is 3.80. The van der Waals surface area contributed by atoms with Crippen molar-refractivity contribution in [3.05, 3.63) is 68.7 Å². The van der Waals surface area contributed by atoms with Crippen molar-refractivity contribution in [1.82, 2.24) is 0 Å². The summed E-state index contributed by atoms with van der Waals surface area (Å²) in [6.07, 6.45) is 0. The standard InChI is InChI=1S/C16H11BrClNO/c1-10-2-5-12(17)8-14(10)16(20)15(9-19)11-3-6-13(18)7-4-11/h2-8,15H,1H3. The number of hydrogen-bond donors (Lipinski definition) is 0. The van der Waals surface area contributed by atoms with Crippen molar-refractivity contribution < 1.29 is 4.79 Å². The number of nitrogens with zero attached hydrogens (tertiary/aromatic N) is 1. The Balaban J connectivity index is 2.42. The summed E-state index contributed by atoms with van der Waals surface area (Å²) in [6, 6.07) is 14.3. The first-order valence-corrected chi connectivity index (χ1v) is 7.15. The van der Waals surface area contributed by atoms with Crippen LogP contribution in [0.15, 0.2) is 46.9 Å². The van der Waals surface area contributed by atoms with Gasteiger partial charge in [0.25, 0.3) is 0 Å². The summed E-state index contributed by atoms with van der Waals surface area (Å²) in [6.45, 7) is 1.86. The molecule has 0 fully saturated rings. The van der Waals surface area contributed by atoms with E-state index in [-0.39, 0.29) is 5.78 Å². The Morgan fingerprint density at radius 2 is 1.90 bits per heavy atom. The van der Waals surface area contributed by atoms with Crippen LogP contribution in [0, 0.1) is 18.3 Å². The van der Waals surface area contributed by atoms with Crippen molar-refractivity contribution in [3.8, 4) is 6.07 Å². The number of nitriles is 1. The fourth-order valence-corrected chi connectivity index (χ4v) is 2.44. The van der Waals surface area contributed by atoms with Crippen LogP contribution in [-0.4, -0.2) is 5.78 Å². The Kier molecular flexibility index (Phi) is 4.59. The van der Waals surface area contributed by atoms with Crippen LogP contribution < -0.4 is 0 Å². The van der Waals surface area contributed by atoms with Gasteiger partial charge in [-0.05, 0) is 42.3 Å². The molecule has 0 saturated heterocycles. The summed E-state index contributed by atoms with van der Waals surface area (Å²) in [5, 5.41) is 9.91. The molecule has 2 rings (SSSR count). The van der Waals surface area contributed by atoms with Gasteiger partial charge < -0.3 is 0 Å². The van der Waals surface area contributed by atoms with Gasteiger partial charge in [-0.1, -0.05) is 45.7 Å². The van der Waals surface area contributed by atoms with Gasteiger partial charge in [-0.15, -0.1) is 0 Å². The molecule has 0 saturated carbocycles. The summed E-state index contributed by atoms with van der Waals surface area (Å²) >= 11 is 9.18. The predicted molar refractivity (Wildman–Crippen MR) is 83.0 cm³/mol. The maximum atomic E-state index is 12.6. The third kappa shape index (κ3) is 3.09. The molecular formula is C16H11BrClNO. The fourth-order valence-electron chi connectivity index (χ4n) is 1.95. The molecule has 2 aromatic rings. The summed E-state index contributed by atoms with van der Waals surface area (Å²) in [7, 11) is 0. The number of aryl methyl sites for hydroxylation is 1. The highest BCUT2D eigenvalue weighted by atomic mass is 79.9. The molecule has 0 spiro atoms. The largest absolute Gasteiger partial charge is 0.292 e. The van der Waals surface area contributed by atoms with E-state index in [0.717, 1.165) is 10.0 Å². The van der Waals surface area contributed by atoms with Crippen LogP contribution in [0.2, 0.25) is 5.02 Å². The van der Waals surface area contributed by atoms with Crippen molar-refractivity contribution in [2.24, 2.45) is 0 Å². The summed E-state index contributed by atoms with van der Waals surface area (Å²) in [4.78, 5) is 12.6. The first kappa shape index (κ1) is 14.8. The zero-order chi connectivity index (χ0) is 14.7. The minimum Gasteiger partial charge on any atom is -0.292 e. The van der Waals surface area contributed by atoms with Crippen LogP contribution in [-0.2, 0) is 0 Å². The quantitative estimate of drug-likeness (QED) is 0.740. The molecule has 20 heavy (non-hydrogen) atoms. The Morgan fingerprint density at radius 1 is 1.25 bits per heavy atom. The second-order valence-electron chi connectivity index (χ2n) is 4.44. The normalized spacial score (nSPS) is 11.7. The van der Waals surface area contributed by atoms with Crippen LogP contribution in [0.25, 0.3) is 0 Å². The van der Waals surface area contributed by atoms with Crippen LogP contribution in [0.3, 0.4) is 0 Å². The summed E-state index contributed by atoms with van der Waals surface area (Å²) in [5.74, 6) is -1.02. The Hall–Kier alpha value is -1.63. The summed E-state index contributed by atoms with van der Waals surface area (Å²) < 4.78 is 0.819. The van der Waals surface area contributed by atoms with E-state index in [2.05, 4.69) is 22.0 Å². The number of halogens is 2. The topological polar surface area (TPSA) is 40.9 Å². The van der Waals surface area contributed by atoms with Crippen molar-refractivity contribution >= 4 is 33.3 Å². The molecule has 0 radical (unpaired) electrons. The lowest BCUT2D eigenvalue weighted by Gasteiger charge is -2.11. The molecule has 0 aliphatic rings. The highest BCUT2D eigenvalue weighted by Crippen LogP contribution is 2.25. The Bertz CT molecular complexity index is 689. The van der Waals surface area contributed by atoms with Crippen molar-refractivity contribution in [3.63, 3.8) is 0 Å². The van der Waals surface area contributed by atoms with Gasteiger partial charge in [-0.3, -0.25) is 4.79 Å². The number of carbonyl (C=O) groups excluding carboxylic acids is 1. The minimum absolute atomic E-state index is 0.200. The molecular weight excluding hydrogens is 338 g/mol. The van der Waals surface area contributed by atoms with E-state index in [1.165, 1.54) is 0 Å². The van der Waals surface area contributed by atoms with Gasteiger partial charge >= 0.3 is 0 Å². The van der Waals surface area contributed by atoms with Gasteiger partial charge in [0.2, 0.25) is 0 Å². The SMILES string of the molecule is Cc1ccc(Br)cc1C(=O)C(C#N)c1ccc(Cl)cc1. The Morgan fingerprint density at radius 3 is 2.50 bits per heavy atom. The lowest BCUT2D eigenvalue weighted by Crippen LogP contribution is -2.12. The monoisotopic (exact) mass is 347 g/mol. The van der Waals surface area contributed by atoms with Crippen LogP contribution in [0.4, 0.5) is 0 Å². The lowest BCUT2D eigenvalue weighted by atomic mass is 9.90. The number of Topliss-reactive ketones (excluding diaryl/α,β-unsaturated/α-hetero) is 1. The van der Waals surface area contributed by atoms with Crippen LogP contribution in [0.1, 0.15) is 27.4 Å². The molecule has 0 N–H and O–H groups in total. The maximum Gasteiger partial charge on any atom is 0.184 e. The van der Waals surface area contributed by atoms with Crippen LogP contribution in [0.5, 0.6) is 0 Å². The Labute approximate surface area is 131 Å². The third-order valence-electron chi connectivity index (χ3n) is 3.06. The number of carbonyl (C=O) groups is 1. The molecule has 4 heteroatoms. The van der Waals surface area contributed by atoms with E-state index in [9.17, 15) is 10.1 Å². The van der Waals surface area contributed by atoms with E-state index < -0.39 is 5.92 Å². The molecule has 2 nitrogen and oxygen atoms in total. The fraction of sp³-hybridized carbons (Fsp3) is 0.125. The van der Waals surface area contributed by atoms with Crippen molar-refractivity contribution in [1.29, 1.82) is 5.26 Å². The van der Waals surface area contributed by atoms with E-state index in [1.54, 1.807) is 30.3 Å². The van der Waals surface area contributed by atoms with Gasteiger partial charge in [0.15, 0.2) is 5.78 Å². The molecule has 100 valence electrons. The van der Waals surface area contributed by atoms with Gasteiger partial charge in [0, 0.05) is 15.1 Å². The minimum atomic E-state index is -0.819. The van der Waals surface area contributed by atoms with Gasteiger partial charge in [0.1, 0.15) is 5.92 Å². The molecule has 0 aromatic heterocycles. The zero-order valence-corrected chi connectivity index (χ0v) is 13.1. The number of rotatable bonds is 3. The first-order valence-electron chi connectivity index (χ1n) is 5.98. The molecule has 0 bridgehead atoms. The average molecular weight is 349 g/mol. The van der Waals surface area contributed by atoms with Crippen molar-refractivity contribution in [2.75, 3.05) is 0 Å². The number of hydrogen-bond acceptors (Lipinski definition) is 2. The number of benzene rings is 2. The molecule has 2 aromatic carbocycles. The van der Waals surface area contributed by atoms with E-state index in [0.29, 0.717) is 16.1 Å². The van der Waals surface area contributed by atoms with E-state index in [1.807, 2.05) is 19.1 Å². The highest BCUT2D eigenvalue weighted by molar-refractivity contribution is 9.10. The second kappa shape index (κ2) is 6.21. The molecule has 1 atom stereocenters. The molecule has 0 heterocycles. The first-order chi connectivity index (χ1) is 9.52. The predicted octanol–water partition coefficient (Wildman–Crippen LogP) is 4.90. The second-order valence-corrected chi connectivity index (χ2v) is 5.79.